The molecule has 0 spiro atoms. The molecule has 1 amide bonds. The van der Waals surface area contributed by atoms with Crippen LogP contribution in [-0.2, 0) is 4.79 Å². The molecule has 2 N–H and O–H groups in total. The molecule has 1 unspecified atom stereocenters. The first-order chi connectivity index (χ1) is 11.5. The highest BCUT2D eigenvalue weighted by molar-refractivity contribution is 7.71. The van der Waals surface area contributed by atoms with E-state index in [4.69, 9.17) is 12.2 Å². The molecule has 5 nitrogen and oxygen atoms in total. The van der Waals surface area contributed by atoms with Crippen molar-refractivity contribution in [1.29, 1.82) is 0 Å². The summed E-state index contributed by atoms with van der Waals surface area (Å²) < 4.78 is 15.2. The van der Waals surface area contributed by atoms with E-state index in [1.807, 2.05) is 17.5 Å². The van der Waals surface area contributed by atoms with Crippen LogP contribution in [0, 0.1) is 17.5 Å². The number of carbonyl (C=O) groups excluding carboxylic acids is 1. The fourth-order valence-electron chi connectivity index (χ4n) is 2.37. The topological polar surface area (TPSA) is 62.7 Å². The number of aromatic amines is 1. The third-order valence-electron chi connectivity index (χ3n) is 3.66. The Morgan fingerprint density at radius 2 is 2.25 bits per heavy atom. The molecule has 0 fully saturated rings. The predicted molar refractivity (Wildman–Crippen MR) is 95.2 cm³/mol. The smallest absolute Gasteiger partial charge is 0.247 e. The van der Waals surface area contributed by atoms with E-state index in [1.165, 1.54) is 23.5 Å². The lowest BCUT2D eigenvalue weighted by Gasteiger charge is -2.16. The van der Waals surface area contributed by atoms with Gasteiger partial charge in [-0.2, -0.15) is 5.10 Å². The maximum absolute atomic E-state index is 13.2. The first-order valence-electron chi connectivity index (χ1n) is 7.25. The van der Waals surface area contributed by atoms with E-state index < -0.39 is 6.04 Å². The van der Waals surface area contributed by atoms with Gasteiger partial charge in [0.2, 0.25) is 5.91 Å². The Labute approximate surface area is 147 Å². The van der Waals surface area contributed by atoms with Crippen molar-refractivity contribution in [2.45, 2.75) is 19.9 Å². The Morgan fingerprint density at radius 3 is 2.92 bits per heavy atom. The summed E-state index contributed by atoms with van der Waals surface area (Å²) in [5, 5.41) is 11.7. The summed E-state index contributed by atoms with van der Waals surface area (Å²) in [7, 11) is 0. The summed E-state index contributed by atoms with van der Waals surface area (Å²) >= 11 is 6.79. The van der Waals surface area contributed by atoms with E-state index in [1.54, 1.807) is 24.5 Å². The average Bonchev–Trinajstić information content (AvgIpc) is 3.18. The van der Waals surface area contributed by atoms with Crippen molar-refractivity contribution in [2.24, 2.45) is 0 Å². The number of aryl methyl sites for hydroxylation is 1. The van der Waals surface area contributed by atoms with Crippen LogP contribution in [0.4, 0.5) is 10.1 Å². The van der Waals surface area contributed by atoms with Crippen LogP contribution in [0.5, 0.6) is 0 Å². The fraction of sp³-hybridized carbons (Fsp3) is 0.188. The lowest BCUT2D eigenvalue weighted by molar-refractivity contribution is -0.118. The SMILES string of the molecule is Cc1cc(F)ccc1NC(=O)C(C)n1c(-c2cccs2)n[nH]c1=S. The highest BCUT2D eigenvalue weighted by atomic mass is 32.1. The zero-order valence-corrected chi connectivity index (χ0v) is 14.7. The third kappa shape index (κ3) is 3.15. The van der Waals surface area contributed by atoms with Gasteiger partial charge >= 0.3 is 0 Å². The number of H-pyrrole nitrogens is 1. The molecule has 0 saturated carbocycles. The van der Waals surface area contributed by atoms with Gasteiger partial charge in [0.15, 0.2) is 10.6 Å². The number of rotatable bonds is 4. The zero-order chi connectivity index (χ0) is 17.3. The number of anilines is 1. The molecule has 8 heteroatoms. The highest BCUT2D eigenvalue weighted by Gasteiger charge is 2.21. The van der Waals surface area contributed by atoms with Crippen LogP contribution in [-0.4, -0.2) is 20.7 Å². The summed E-state index contributed by atoms with van der Waals surface area (Å²) in [6.07, 6.45) is 0. The second kappa shape index (κ2) is 6.66. The number of nitrogens with zero attached hydrogens (tertiary/aromatic N) is 2. The molecule has 0 aliphatic heterocycles. The van der Waals surface area contributed by atoms with Crippen LogP contribution in [0.25, 0.3) is 10.7 Å². The number of aromatic nitrogens is 3. The fourth-order valence-corrected chi connectivity index (χ4v) is 3.37. The minimum atomic E-state index is -0.571. The molecule has 0 bridgehead atoms. The quantitative estimate of drug-likeness (QED) is 0.680. The lowest BCUT2D eigenvalue weighted by Crippen LogP contribution is -2.24. The summed E-state index contributed by atoms with van der Waals surface area (Å²) in [6, 6.07) is 7.49. The molecule has 1 aromatic carbocycles. The molecule has 1 atom stereocenters. The Hall–Kier alpha value is -2.32. The van der Waals surface area contributed by atoms with E-state index in [9.17, 15) is 9.18 Å². The van der Waals surface area contributed by atoms with Crippen molar-refractivity contribution >= 4 is 35.1 Å². The molecule has 0 aliphatic rings. The lowest BCUT2D eigenvalue weighted by atomic mass is 10.2. The normalized spacial score (nSPS) is 12.1. The van der Waals surface area contributed by atoms with Crippen LogP contribution in [0.15, 0.2) is 35.7 Å². The minimum absolute atomic E-state index is 0.250. The van der Waals surface area contributed by atoms with Gasteiger partial charge in [-0.1, -0.05) is 6.07 Å². The standard InChI is InChI=1S/C16H15FN4OS2/c1-9-8-11(17)5-6-12(9)18-15(22)10(2)21-14(19-20-16(21)23)13-4-3-7-24-13/h3-8,10H,1-2H3,(H,18,22)(H,20,23). The second-order valence-electron chi connectivity index (χ2n) is 5.32. The summed E-state index contributed by atoms with van der Waals surface area (Å²) in [4.78, 5) is 13.5. The van der Waals surface area contributed by atoms with Gasteiger partial charge in [-0.3, -0.25) is 14.5 Å². The largest absolute Gasteiger partial charge is 0.324 e. The third-order valence-corrected chi connectivity index (χ3v) is 4.81. The molecular formula is C16H15FN4OS2. The van der Waals surface area contributed by atoms with E-state index >= 15 is 0 Å². The molecule has 0 saturated heterocycles. The molecule has 0 aliphatic carbocycles. The highest BCUT2D eigenvalue weighted by Crippen LogP contribution is 2.26. The molecule has 2 aromatic heterocycles. The van der Waals surface area contributed by atoms with Crippen LogP contribution in [0.3, 0.4) is 0 Å². The van der Waals surface area contributed by atoms with Gasteiger partial charge in [0.25, 0.3) is 0 Å². The maximum Gasteiger partial charge on any atom is 0.247 e. The monoisotopic (exact) mass is 362 g/mol. The van der Waals surface area contributed by atoms with E-state index in [0.717, 1.165) is 4.88 Å². The Bertz CT molecular complexity index is 930. The van der Waals surface area contributed by atoms with E-state index in [2.05, 4.69) is 15.5 Å². The van der Waals surface area contributed by atoms with Crippen LogP contribution in [0.2, 0.25) is 0 Å². The first kappa shape index (κ1) is 16.5. The number of carbonyl (C=O) groups is 1. The van der Waals surface area contributed by atoms with Crippen LogP contribution < -0.4 is 5.32 Å². The van der Waals surface area contributed by atoms with Gasteiger partial charge in [-0.15, -0.1) is 11.3 Å². The molecule has 2 heterocycles. The first-order valence-corrected chi connectivity index (χ1v) is 8.54. The predicted octanol–water partition coefficient (Wildman–Crippen LogP) is 4.32. The molecule has 3 aromatic rings. The van der Waals surface area contributed by atoms with E-state index in [-0.39, 0.29) is 11.7 Å². The molecule has 24 heavy (non-hydrogen) atoms. The Kier molecular flexibility index (Phi) is 4.59. The second-order valence-corrected chi connectivity index (χ2v) is 6.66. The Morgan fingerprint density at radius 1 is 1.46 bits per heavy atom. The maximum atomic E-state index is 13.2. The number of amides is 1. The van der Waals surface area contributed by atoms with Crippen molar-refractivity contribution in [3.63, 3.8) is 0 Å². The van der Waals surface area contributed by atoms with Crippen molar-refractivity contribution in [1.82, 2.24) is 14.8 Å². The van der Waals surface area contributed by atoms with Gasteiger partial charge in [0.1, 0.15) is 11.9 Å². The summed E-state index contributed by atoms with van der Waals surface area (Å²) in [5.41, 5.74) is 1.23. The van der Waals surface area contributed by atoms with Gasteiger partial charge in [0.05, 0.1) is 4.88 Å². The number of nitrogens with one attached hydrogen (secondary N) is 2. The van der Waals surface area contributed by atoms with Gasteiger partial charge in [0, 0.05) is 5.69 Å². The molecule has 3 rings (SSSR count). The molecule has 124 valence electrons. The average molecular weight is 362 g/mol. The van der Waals surface area contributed by atoms with Gasteiger partial charge < -0.3 is 5.32 Å². The van der Waals surface area contributed by atoms with Crippen molar-refractivity contribution < 1.29 is 9.18 Å². The zero-order valence-electron chi connectivity index (χ0n) is 13.0. The van der Waals surface area contributed by atoms with Gasteiger partial charge in [-0.05, 0) is 61.3 Å². The van der Waals surface area contributed by atoms with Crippen molar-refractivity contribution in [3.8, 4) is 10.7 Å². The minimum Gasteiger partial charge on any atom is -0.324 e. The number of thiophene rings is 1. The summed E-state index contributed by atoms with van der Waals surface area (Å²) in [5.74, 6) is 0.0316. The van der Waals surface area contributed by atoms with Crippen LogP contribution >= 0.6 is 23.6 Å². The molecular weight excluding hydrogens is 347 g/mol. The Balaban J connectivity index is 1.89. The number of hydrogen-bond donors (Lipinski definition) is 2. The molecule has 0 radical (unpaired) electrons. The van der Waals surface area contributed by atoms with E-state index in [0.29, 0.717) is 21.8 Å². The number of hydrogen-bond acceptors (Lipinski definition) is 4. The van der Waals surface area contributed by atoms with Crippen molar-refractivity contribution in [2.75, 3.05) is 5.32 Å². The number of halogens is 1. The number of benzene rings is 1. The van der Waals surface area contributed by atoms with Crippen molar-refractivity contribution in [3.05, 3.63) is 51.9 Å². The summed E-state index contributed by atoms with van der Waals surface area (Å²) in [6.45, 7) is 3.49. The van der Waals surface area contributed by atoms with Gasteiger partial charge in [-0.25, -0.2) is 4.39 Å². The van der Waals surface area contributed by atoms with Crippen LogP contribution in [0.1, 0.15) is 18.5 Å².